The summed E-state index contributed by atoms with van der Waals surface area (Å²) in [5.74, 6) is 0.559. The summed E-state index contributed by atoms with van der Waals surface area (Å²) in [6.45, 7) is 2.79. The summed E-state index contributed by atoms with van der Waals surface area (Å²) >= 11 is 0. The van der Waals surface area contributed by atoms with Gasteiger partial charge in [-0.15, -0.1) is 0 Å². The number of nitrogens with zero attached hydrogens (tertiary/aromatic N) is 1. The molecule has 2 fully saturated rings. The van der Waals surface area contributed by atoms with Gasteiger partial charge in [-0.1, -0.05) is 24.4 Å². The van der Waals surface area contributed by atoms with Gasteiger partial charge in [0.15, 0.2) is 5.69 Å². The Labute approximate surface area is 119 Å². The Bertz CT molecular complexity index is 472. The van der Waals surface area contributed by atoms with Crippen molar-refractivity contribution in [2.75, 3.05) is 6.54 Å². The Kier molecular flexibility index (Phi) is 3.78. The van der Waals surface area contributed by atoms with Gasteiger partial charge in [0.2, 0.25) is 0 Å². The lowest BCUT2D eigenvalue weighted by Gasteiger charge is -2.44. The normalized spacial score (nSPS) is 25.6. The fourth-order valence-corrected chi connectivity index (χ4v) is 3.62. The molecule has 1 saturated carbocycles. The predicted octanol–water partition coefficient (Wildman–Crippen LogP) is 2.17. The molecule has 1 amide bonds. The maximum Gasteiger partial charge on any atom is 0.273 e. The van der Waals surface area contributed by atoms with E-state index in [0.29, 0.717) is 11.5 Å². The highest BCUT2D eigenvalue weighted by Crippen LogP contribution is 2.34. The fourth-order valence-electron chi connectivity index (χ4n) is 3.62. The van der Waals surface area contributed by atoms with Gasteiger partial charge in [-0.3, -0.25) is 4.79 Å². The molecule has 3 rings (SSSR count). The number of hydrogen-bond acceptors (Lipinski definition) is 4. The highest BCUT2D eigenvalue weighted by molar-refractivity contribution is 5.92. The first kappa shape index (κ1) is 13.6. The second kappa shape index (κ2) is 5.56. The molecule has 1 unspecified atom stereocenters. The molecule has 1 saturated heterocycles. The number of carbonyl (C=O) groups excluding carboxylic acids is 1. The lowest BCUT2D eigenvalue weighted by atomic mass is 9.75. The van der Waals surface area contributed by atoms with E-state index in [1.807, 2.05) is 0 Å². The van der Waals surface area contributed by atoms with Crippen LogP contribution in [0, 0.1) is 6.92 Å². The summed E-state index contributed by atoms with van der Waals surface area (Å²) in [5.41, 5.74) is 0.646. The zero-order valence-electron chi connectivity index (χ0n) is 12.1. The van der Waals surface area contributed by atoms with Gasteiger partial charge in [-0.05, 0) is 39.2 Å². The Balaban J connectivity index is 1.61. The van der Waals surface area contributed by atoms with Crippen LogP contribution in [0.3, 0.4) is 0 Å². The molecule has 1 spiro atoms. The molecule has 0 aromatic carbocycles. The maximum absolute atomic E-state index is 12.1. The van der Waals surface area contributed by atoms with E-state index in [2.05, 4.69) is 15.8 Å². The number of piperidine rings is 1. The smallest absolute Gasteiger partial charge is 0.273 e. The summed E-state index contributed by atoms with van der Waals surface area (Å²) in [6.07, 6.45) is 8.45. The third-order valence-electron chi connectivity index (χ3n) is 4.64. The van der Waals surface area contributed by atoms with E-state index in [9.17, 15) is 4.79 Å². The SMILES string of the molecule is Cc1cc(C(=O)NC2CCNC3(CCCCC3)C2)no1. The van der Waals surface area contributed by atoms with Crippen LogP contribution in [0.4, 0.5) is 0 Å². The number of nitrogens with one attached hydrogen (secondary N) is 2. The summed E-state index contributed by atoms with van der Waals surface area (Å²) in [6, 6.07) is 1.94. The van der Waals surface area contributed by atoms with E-state index < -0.39 is 0 Å². The molecule has 1 aromatic heterocycles. The van der Waals surface area contributed by atoms with Crippen LogP contribution in [-0.2, 0) is 0 Å². The molecule has 1 aromatic rings. The lowest BCUT2D eigenvalue weighted by Crippen LogP contribution is -2.57. The maximum atomic E-state index is 12.1. The number of rotatable bonds is 2. The average Bonchev–Trinajstić information content (AvgIpc) is 2.86. The van der Waals surface area contributed by atoms with Crippen molar-refractivity contribution in [2.45, 2.75) is 63.5 Å². The molecular formula is C15H23N3O2. The van der Waals surface area contributed by atoms with Crippen LogP contribution in [-0.4, -0.2) is 29.2 Å². The molecule has 2 heterocycles. The predicted molar refractivity (Wildman–Crippen MR) is 75.5 cm³/mol. The van der Waals surface area contributed by atoms with Crippen molar-refractivity contribution in [3.05, 3.63) is 17.5 Å². The number of aryl methyl sites for hydroxylation is 1. The zero-order chi connectivity index (χ0) is 14.0. The van der Waals surface area contributed by atoms with E-state index in [-0.39, 0.29) is 17.5 Å². The van der Waals surface area contributed by atoms with Gasteiger partial charge in [0.1, 0.15) is 5.76 Å². The summed E-state index contributed by atoms with van der Waals surface area (Å²) < 4.78 is 4.96. The third-order valence-corrected chi connectivity index (χ3v) is 4.64. The van der Waals surface area contributed by atoms with E-state index >= 15 is 0 Å². The van der Waals surface area contributed by atoms with Crippen molar-refractivity contribution in [1.29, 1.82) is 0 Å². The van der Waals surface area contributed by atoms with Gasteiger partial charge in [0.25, 0.3) is 5.91 Å². The van der Waals surface area contributed by atoms with Crippen molar-refractivity contribution in [1.82, 2.24) is 15.8 Å². The minimum absolute atomic E-state index is 0.111. The average molecular weight is 277 g/mol. The van der Waals surface area contributed by atoms with Gasteiger partial charge in [0, 0.05) is 17.6 Å². The van der Waals surface area contributed by atoms with Gasteiger partial charge in [0.05, 0.1) is 0 Å². The van der Waals surface area contributed by atoms with E-state index in [1.54, 1.807) is 13.0 Å². The number of hydrogen-bond donors (Lipinski definition) is 2. The summed E-state index contributed by atoms with van der Waals surface area (Å²) in [4.78, 5) is 12.1. The molecule has 1 aliphatic carbocycles. The molecule has 5 nitrogen and oxygen atoms in total. The van der Waals surface area contributed by atoms with Crippen molar-refractivity contribution >= 4 is 5.91 Å². The highest BCUT2D eigenvalue weighted by Gasteiger charge is 2.37. The van der Waals surface area contributed by atoms with Crippen LogP contribution in [0.2, 0.25) is 0 Å². The van der Waals surface area contributed by atoms with Crippen molar-refractivity contribution in [3.63, 3.8) is 0 Å². The van der Waals surface area contributed by atoms with Crippen molar-refractivity contribution in [3.8, 4) is 0 Å². The van der Waals surface area contributed by atoms with Gasteiger partial charge in [-0.2, -0.15) is 0 Å². The van der Waals surface area contributed by atoms with Crippen molar-refractivity contribution < 1.29 is 9.32 Å². The van der Waals surface area contributed by atoms with E-state index in [0.717, 1.165) is 19.4 Å². The molecule has 5 heteroatoms. The van der Waals surface area contributed by atoms with Crippen LogP contribution in [0.1, 0.15) is 61.2 Å². The second-order valence-corrected chi connectivity index (χ2v) is 6.25. The van der Waals surface area contributed by atoms with Gasteiger partial charge >= 0.3 is 0 Å². The first-order chi connectivity index (χ1) is 9.67. The molecular weight excluding hydrogens is 254 g/mol. The Hall–Kier alpha value is -1.36. The minimum atomic E-state index is -0.111. The van der Waals surface area contributed by atoms with Gasteiger partial charge in [-0.25, -0.2) is 0 Å². The van der Waals surface area contributed by atoms with E-state index in [4.69, 9.17) is 4.52 Å². The van der Waals surface area contributed by atoms with Crippen LogP contribution in [0.5, 0.6) is 0 Å². The minimum Gasteiger partial charge on any atom is -0.361 e. The van der Waals surface area contributed by atoms with Crippen LogP contribution in [0.25, 0.3) is 0 Å². The lowest BCUT2D eigenvalue weighted by molar-refractivity contribution is 0.0883. The summed E-state index contributed by atoms with van der Waals surface area (Å²) in [7, 11) is 0. The molecule has 0 bridgehead atoms. The first-order valence-corrected chi connectivity index (χ1v) is 7.66. The Morgan fingerprint density at radius 3 is 2.95 bits per heavy atom. The number of carbonyl (C=O) groups is 1. The van der Waals surface area contributed by atoms with Crippen LogP contribution < -0.4 is 10.6 Å². The quantitative estimate of drug-likeness (QED) is 0.869. The number of amides is 1. The number of aromatic nitrogens is 1. The molecule has 2 N–H and O–H groups in total. The monoisotopic (exact) mass is 277 g/mol. The van der Waals surface area contributed by atoms with Crippen LogP contribution >= 0.6 is 0 Å². The molecule has 20 heavy (non-hydrogen) atoms. The zero-order valence-corrected chi connectivity index (χ0v) is 12.1. The molecule has 0 radical (unpaired) electrons. The van der Waals surface area contributed by atoms with Crippen molar-refractivity contribution in [2.24, 2.45) is 0 Å². The molecule has 2 aliphatic rings. The first-order valence-electron chi connectivity index (χ1n) is 7.66. The summed E-state index contributed by atoms with van der Waals surface area (Å²) in [5, 5.41) is 10.6. The largest absolute Gasteiger partial charge is 0.361 e. The molecule has 1 aliphatic heterocycles. The van der Waals surface area contributed by atoms with Crippen LogP contribution in [0.15, 0.2) is 10.6 Å². The topological polar surface area (TPSA) is 67.2 Å². The second-order valence-electron chi connectivity index (χ2n) is 6.25. The standard InChI is InChI=1S/C15H23N3O2/c1-11-9-13(18-20-11)14(19)17-12-5-8-16-15(10-12)6-3-2-4-7-15/h9,12,16H,2-8,10H2,1H3,(H,17,19). The molecule has 1 atom stereocenters. The highest BCUT2D eigenvalue weighted by atomic mass is 16.5. The van der Waals surface area contributed by atoms with E-state index in [1.165, 1.54) is 32.1 Å². The molecule has 110 valence electrons. The Morgan fingerprint density at radius 2 is 2.25 bits per heavy atom. The third kappa shape index (κ3) is 2.87. The Morgan fingerprint density at radius 1 is 1.45 bits per heavy atom. The van der Waals surface area contributed by atoms with Gasteiger partial charge < -0.3 is 15.2 Å². The fraction of sp³-hybridized carbons (Fsp3) is 0.733.